The molecule has 1 fully saturated rings. The molecule has 9 heteroatoms. The summed E-state index contributed by atoms with van der Waals surface area (Å²) >= 11 is 0. The van der Waals surface area contributed by atoms with Gasteiger partial charge in [0.2, 0.25) is 0 Å². The highest BCUT2D eigenvalue weighted by Crippen LogP contribution is 2.33. The van der Waals surface area contributed by atoms with Gasteiger partial charge in [-0.2, -0.15) is 5.10 Å². The van der Waals surface area contributed by atoms with Gasteiger partial charge in [0.25, 0.3) is 0 Å². The molecule has 2 atom stereocenters. The molecule has 3 aromatic rings. The smallest absolute Gasteiger partial charge is 0.182 e. The molecule has 0 saturated carbocycles. The fraction of sp³-hybridized carbons (Fsp3) is 0.444. The van der Waals surface area contributed by atoms with E-state index in [0.717, 1.165) is 30.5 Å². The van der Waals surface area contributed by atoms with Crippen molar-refractivity contribution in [2.24, 2.45) is 7.05 Å². The summed E-state index contributed by atoms with van der Waals surface area (Å²) in [6, 6.07) is 3.21. The second-order valence-electron chi connectivity index (χ2n) is 6.85. The van der Waals surface area contributed by atoms with E-state index in [1.165, 1.54) is 6.07 Å². The number of methoxy groups -OCH3 is 1. The SMILES string of the molecule is COC1CCCN(S(=O)c2cc3c(-c4ncn(C)n4)c(C)cc(F)c3[nH]2)C1. The highest BCUT2D eigenvalue weighted by atomic mass is 32.2. The first-order valence-electron chi connectivity index (χ1n) is 8.85. The van der Waals surface area contributed by atoms with Gasteiger partial charge < -0.3 is 9.72 Å². The van der Waals surface area contributed by atoms with Crippen molar-refractivity contribution in [3.8, 4) is 11.4 Å². The number of ether oxygens (including phenoxy) is 1. The van der Waals surface area contributed by atoms with Crippen molar-refractivity contribution in [1.82, 2.24) is 24.1 Å². The number of H-pyrrole nitrogens is 1. The Morgan fingerprint density at radius 2 is 2.22 bits per heavy atom. The fourth-order valence-electron chi connectivity index (χ4n) is 3.59. The van der Waals surface area contributed by atoms with Crippen molar-refractivity contribution in [2.75, 3.05) is 20.2 Å². The Morgan fingerprint density at radius 3 is 2.93 bits per heavy atom. The Morgan fingerprint density at radius 1 is 1.41 bits per heavy atom. The molecule has 1 aromatic carbocycles. The number of hydrogen-bond donors (Lipinski definition) is 1. The summed E-state index contributed by atoms with van der Waals surface area (Å²) in [6.07, 6.45) is 3.55. The zero-order chi connectivity index (χ0) is 19.1. The monoisotopic (exact) mass is 391 g/mol. The summed E-state index contributed by atoms with van der Waals surface area (Å²) in [5.74, 6) is 0.146. The van der Waals surface area contributed by atoms with E-state index in [-0.39, 0.29) is 11.9 Å². The van der Waals surface area contributed by atoms with E-state index in [9.17, 15) is 8.60 Å². The van der Waals surface area contributed by atoms with Crippen LogP contribution in [0.4, 0.5) is 4.39 Å². The third kappa shape index (κ3) is 3.30. The first kappa shape index (κ1) is 18.3. The summed E-state index contributed by atoms with van der Waals surface area (Å²) in [6.45, 7) is 3.14. The van der Waals surface area contributed by atoms with Crippen LogP contribution in [0.15, 0.2) is 23.5 Å². The predicted octanol–water partition coefficient (Wildman–Crippen LogP) is 2.54. The number of nitrogens with zero attached hydrogens (tertiary/aromatic N) is 4. The van der Waals surface area contributed by atoms with Crippen LogP contribution in [-0.2, 0) is 22.8 Å². The Hall–Kier alpha value is -2.10. The molecule has 1 aliphatic rings. The number of halogens is 1. The van der Waals surface area contributed by atoms with Gasteiger partial charge in [-0.3, -0.25) is 4.68 Å². The Balaban J connectivity index is 1.78. The number of nitrogens with one attached hydrogen (secondary N) is 1. The average molecular weight is 391 g/mol. The molecule has 3 heterocycles. The lowest BCUT2D eigenvalue weighted by molar-refractivity contribution is 0.0586. The van der Waals surface area contributed by atoms with Gasteiger partial charge in [0, 0.05) is 38.2 Å². The van der Waals surface area contributed by atoms with Crippen LogP contribution in [0, 0.1) is 12.7 Å². The third-order valence-corrected chi connectivity index (χ3v) is 6.36. The van der Waals surface area contributed by atoms with Crippen molar-refractivity contribution in [3.63, 3.8) is 0 Å². The number of rotatable bonds is 4. The topological polar surface area (TPSA) is 76.0 Å². The van der Waals surface area contributed by atoms with E-state index in [2.05, 4.69) is 15.1 Å². The van der Waals surface area contributed by atoms with Crippen LogP contribution in [-0.4, -0.2) is 54.6 Å². The summed E-state index contributed by atoms with van der Waals surface area (Å²) in [5, 5.41) is 5.47. The number of hydrogen-bond acceptors (Lipinski definition) is 4. The standard InChI is InChI=1S/C18H22FN5O2S/c1-11-7-14(19)17-13(16(11)18-20-10-23(2)22-18)8-15(21-17)27(25)24-6-4-5-12(9-24)26-3/h7-8,10,12,21H,4-6,9H2,1-3H3. The van der Waals surface area contributed by atoms with Crippen molar-refractivity contribution < 1.29 is 13.3 Å². The first-order chi connectivity index (χ1) is 13.0. The van der Waals surface area contributed by atoms with Crippen molar-refractivity contribution >= 4 is 21.9 Å². The molecular formula is C18H22FN5O2S. The Kier molecular flexibility index (Phi) is 4.83. The fourth-order valence-corrected chi connectivity index (χ4v) is 4.88. The molecule has 144 valence electrons. The number of aryl methyl sites for hydroxylation is 2. The average Bonchev–Trinajstić information content (AvgIpc) is 3.28. The third-order valence-electron chi connectivity index (χ3n) is 4.96. The molecule has 7 nitrogen and oxygen atoms in total. The number of fused-ring (bicyclic) bond motifs is 1. The van der Waals surface area contributed by atoms with E-state index in [0.29, 0.717) is 28.3 Å². The summed E-state index contributed by atoms with van der Waals surface area (Å²) in [4.78, 5) is 7.32. The van der Waals surface area contributed by atoms with E-state index < -0.39 is 11.0 Å². The Bertz CT molecular complexity index is 1010. The molecule has 0 bridgehead atoms. The minimum Gasteiger partial charge on any atom is -0.380 e. The maximum absolute atomic E-state index is 14.6. The largest absolute Gasteiger partial charge is 0.380 e. The maximum atomic E-state index is 14.6. The summed E-state index contributed by atoms with van der Waals surface area (Å²) in [7, 11) is 2.04. The summed E-state index contributed by atoms with van der Waals surface area (Å²) in [5.41, 5.74) is 1.81. The second kappa shape index (κ2) is 7.14. The quantitative estimate of drug-likeness (QED) is 0.742. The van der Waals surface area contributed by atoms with Crippen LogP contribution in [0.1, 0.15) is 18.4 Å². The van der Waals surface area contributed by atoms with Gasteiger partial charge in [0.05, 0.1) is 11.6 Å². The molecule has 0 spiro atoms. The maximum Gasteiger partial charge on any atom is 0.182 e. The lowest BCUT2D eigenvalue weighted by Gasteiger charge is -2.30. The van der Waals surface area contributed by atoms with E-state index in [4.69, 9.17) is 4.74 Å². The van der Waals surface area contributed by atoms with Crippen molar-refractivity contribution in [1.29, 1.82) is 0 Å². The van der Waals surface area contributed by atoms with Crippen LogP contribution in [0.25, 0.3) is 22.3 Å². The highest BCUT2D eigenvalue weighted by Gasteiger charge is 2.26. The molecule has 1 aliphatic heterocycles. The van der Waals surface area contributed by atoms with Gasteiger partial charge in [0.15, 0.2) is 5.82 Å². The minimum atomic E-state index is -1.41. The molecule has 0 radical (unpaired) electrons. The van der Waals surface area contributed by atoms with Crippen molar-refractivity contribution in [3.05, 3.63) is 29.8 Å². The molecule has 2 aromatic heterocycles. The first-order valence-corrected chi connectivity index (χ1v) is 9.96. The molecule has 2 unspecified atom stereocenters. The molecule has 27 heavy (non-hydrogen) atoms. The molecule has 1 saturated heterocycles. The van der Waals surface area contributed by atoms with Gasteiger partial charge in [-0.15, -0.1) is 0 Å². The van der Waals surface area contributed by atoms with Crippen LogP contribution in [0.2, 0.25) is 0 Å². The number of aromatic amines is 1. The van der Waals surface area contributed by atoms with Crippen LogP contribution >= 0.6 is 0 Å². The van der Waals surface area contributed by atoms with Gasteiger partial charge in [0.1, 0.15) is 28.2 Å². The van der Waals surface area contributed by atoms with Gasteiger partial charge in [-0.1, -0.05) is 0 Å². The second-order valence-corrected chi connectivity index (χ2v) is 8.31. The normalized spacial score (nSPS) is 19.6. The van der Waals surface area contributed by atoms with E-state index in [1.54, 1.807) is 31.2 Å². The molecule has 0 aliphatic carbocycles. The van der Waals surface area contributed by atoms with Crippen molar-refractivity contribution in [2.45, 2.75) is 30.9 Å². The Labute approximate surface area is 159 Å². The predicted molar refractivity (Wildman–Crippen MR) is 101 cm³/mol. The van der Waals surface area contributed by atoms with Crippen LogP contribution in [0.3, 0.4) is 0 Å². The number of benzene rings is 1. The van der Waals surface area contributed by atoms with Gasteiger partial charge in [-0.05, 0) is 37.5 Å². The van der Waals surface area contributed by atoms with Crippen LogP contribution in [0.5, 0.6) is 0 Å². The lowest BCUT2D eigenvalue weighted by atomic mass is 10.0. The zero-order valence-corrected chi connectivity index (χ0v) is 16.3. The number of aromatic nitrogens is 4. The zero-order valence-electron chi connectivity index (χ0n) is 15.5. The summed E-state index contributed by atoms with van der Waals surface area (Å²) < 4.78 is 36.5. The van der Waals surface area contributed by atoms with Gasteiger partial charge in [-0.25, -0.2) is 17.9 Å². The van der Waals surface area contributed by atoms with Crippen LogP contribution < -0.4 is 0 Å². The van der Waals surface area contributed by atoms with E-state index in [1.807, 2.05) is 11.2 Å². The molecule has 4 rings (SSSR count). The van der Waals surface area contributed by atoms with E-state index >= 15 is 0 Å². The minimum absolute atomic E-state index is 0.0688. The molecular weight excluding hydrogens is 369 g/mol. The van der Waals surface area contributed by atoms with Gasteiger partial charge >= 0.3 is 0 Å². The molecule has 0 amide bonds. The molecule has 1 N–H and O–H groups in total. The highest BCUT2D eigenvalue weighted by molar-refractivity contribution is 7.82. The lowest BCUT2D eigenvalue weighted by Crippen LogP contribution is -2.40. The number of piperidine rings is 1.